The van der Waals surface area contributed by atoms with Gasteiger partial charge in [-0.2, -0.15) is 0 Å². The fourth-order valence-corrected chi connectivity index (χ4v) is 4.02. The van der Waals surface area contributed by atoms with Crippen molar-refractivity contribution in [3.05, 3.63) is 72.8 Å². The Morgan fingerprint density at radius 3 is 2.46 bits per heavy atom. The second-order valence-corrected chi connectivity index (χ2v) is 7.01. The van der Waals surface area contributed by atoms with Crippen molar-refractivity contribution in [3.63, 3.8) is 0 Å². The lowest BCUT2D eigenvalue weighted by atomic mass is 9.74. The summed E-state index contributed by atoms with van der Waals surface area (Å²) in [5, 5.41) is 1.61. The lowest BCUT2D eigenvalue weighted by Crippen LogP contribution is -2.40. The van der Waals surface area contributed by atoms with Gasteiger partial charge in [-0.3, -0.25) is 10.0 Å². The predicted molar refractivity (Wildman–Crippen MR) is 121 cm³/mol. The van der Waals surface area contributed by atoms with E-state index < -0.39 is 0 Å². The minimum absolute atomic E-state index is 0.131. The van der Waals surface area contributed by atoms with Gasteiger partial charge in [0.2, 0.25) is 0 Å². The molecule has 5 nitrogen and oxygen atoms in total. The standard InChI is InChI=1S/C23H33N5/c1-8-12-14-20-22(25-7)26-21(28(20)24)16-27-18(6)23(11-4,15-10-3)17(5)19(27)13-9-2/h8-9,12-14H,2,5-6,10-11,15-16,24H2,1,3-4,7H3/b12-8-,19-13+,20-14+,25-22+. The van der Waals surface area contributed by atoms with Gasteiger partial charge < -0.3 is 4.90 Å². The molecule has 5 heteroatoms. The first-order valence-corrected chi connectivity index (χ1v) is 9.83. The molecule has 2 rings (SSSR count). The van der Waals surface area contributed by atoms with Gasteiger partial charge in [-0.05, 0) is 37.5 Å². The van der Waals surface area contributed by atoms with E-state index in [1.54, 1.807) is 18.1 Å². The molecule has 28 heavy (non-hydrogen) atoms. The summed E-state index contributed by atoms with van der Waals surface area (Å²) in [6.45, 7) is 19.6. The van der Waals surface area contributed by atoms with E-state index in [0.717, 1.165) is 47.8 Å². The molecular weight excluding hydrogens is 346 g/mol. The molecule has 0 aromatic heterocycles. The van der Waals surface area contributed by atoms with Gasteiger partial charge in [0.1, 0.15) is 11.5 Å². The highest BCUT2D eigenvalue weighted by molar-refractivity contribution is 6.14. The van der Waals surface area contributed by atoms with E-state index >= 15 is 0 Å². The van der Waals surface area contributed by atoms with E-state index in [1.807, 2.05) is 31.2 Å². The molecule has 0 spiro atoms. The zero-order chi connectivity index (χ0) is 20.9. The van der Waals surface area contributed by atoms with Crippen LogP contribution in [0.25, 0.3) is 0 Å². The fourth-order valence-electron chi connectivity index (χ4n) is 4.02. The van der Waals surface area contributed by atoms with Crippen LogP contribution >= 0.6 is 0 Å². The number of allylic oxidation sites excluding steroid dienone is 7. The summed E-state index contributed by atoms with van der Waals surface area (Å²) < 4.78 is 0. The molecule has 0 aliphatic carbocycles. The van der Waals surface area contributed by atoms with E-state index in [4.69, 9.17) is 5.84 Å². The maximum Gasteiger partial charge on any atom is 0.174 e. The lowest BCUT2D eigenvalue weighted by Gasteiger charge is -2.31. The largest absolute Gasteiger partial charge is 0.337 e. The van der Waals surface area contributed by atoms with E-state index in [-0.39, 0.29) is 5.41 Å². The highest BCUT2D eigenvalue weighted by Gasteiger charge is 2.46. The molecule has 0 amide bonds. The van der Waals surface area contributed by atoms with Crippen LogP contribution in [0.15, 0.2) is 82.8 Å². The Morgan fingerprint density at radius 2 is 1.93 bits per heavy atom. The Morgan fingerprint density at radius 1 is 1.21 bits per heavy atom. The van der Waals surface area contributed by atoms with Crippen molar-refractivity contribution in [2.75, 3.05) is 13.6 Å². The lowest BCUT2D eigenvalue weighted by molar-refractivity contribution is 0.350. The normalized spacial score (nSPS) is 27.2. The van der Waals surface area contributed by atoms with E-state index in [2.05, 4.69) is 48.5 Å². The van der Waals surface area contributed by atoms with Crippen LogP contribution in [0.3, 0.4) is 0 Å². The molecule has 0 saturated carbocycles. The van der Waals surface area contributed by atoms with Crippen molar-refractivity contribution in [1.29, 1.82) is 0 Å². The van der Waals surface area contributed by atoms with Crippen LogP contribution in [0.4, 0.5) is 0 Å². The molecule has 1 atom stereocenters. The number of aliphatic imine (C=N–C) groups is 2. The zero-order valence-electron chi connectivity index (χ0n) is 17.7. The summed E-state index contributed by atoms with van der Waals surface area (Å²) in [6, 6.07) is 0. The van der Waals surface area contributed by atoms with Crippen LogP contribution in [-0.2, 0) is 0 Å². The topological polar surface area (TPSA) is 57.2 Å². The Labute approximate surface area is 169 Å². The maximum atomic E-state index is 6.37. The number of likely N-dealkylation sites (tertiary alicyclic amines) is 1. The molecular formula is C23H33N5. The SMILES string of the molecule is C=C/C=C1\C(=C)C(CC)(CCC)C(=C)N1CC1=NC(=N/C)/C(=C\C=C/C)N1N. The quantitative estimate of drug-likeness (QED) is 0.652. The number of nitrogens with two attached hydrogens (primary N) is 1. The summed E-state index contributed by atoms with van der Waals surface area (Å²) in [5.41, 5.74) is 3.83. The zero-order valence-corrected chi connectivity index (χ0v) is 17.7. The first kappa shape index (κ1) is 21.6. The van der Waals surface area contributed by atoms with Crippen LogP contribution in [0, 0.1) is 5.41 Å². The first-order chi connectivity index (χ1) is 13.4. The number of rotatable bonds is 7. The number of hydrogen-bond donors (Lipinski definition) is 1. The van der Waals surface area contributed by atoms with Gasteiger partial charge >= 0.3 is 0 Å². The van der Waals surface area contributed by atoms with Gasteiger partial charge in [0.25, 0.3) is 0 Å². The summed E-state index contributed by atoms with van der Waals surface area (Å²) in [7, 11) is 1.72. The highest BCUT2D eigenvalue weighted by atomic mass is 15.5. The number of nitrogens with zero attached hydrogens (tertiary/aromatic N) is 4. The monoisotopic (exact) mass is 379 g/mol. The average Bonchev–Trinajstić information content (AvgIpc) is 3.09. The summed E-state index contributed by atoms with van der Waals surface area (Å²) in [4.78, 5) is 11.1. The maximum absolute atomic E-state index is 6.37. The third-order valence-corrected chi connectivity index (χ3v) is 5.57. The van der Waals surface area contributed by atoms with Gasteiger partial charge in [-0.25, -0.2) is 10.8 Å². The van der Waals surface area contributed by atoms with E-state index in [1.165, 1.54) is 0 Å². The van der Waals surface area contributed by atoms with Crippen molar-refractivity contribution >= 4 is 11.7 Å². The smallest absolute Gasteiger partial charge is 0.174 e. The first-order valence-electron chi connectivity index (χ1n) is 9.83. The van der Waals surface area contributed by atoms with Crippen LogP contribution in [0.1, 0.15) is 40.0 Å². The molecule has 1 unspecified atom stereocenters. The van der Waals surface area contributed by atoms with Crippen molar-refractivity contribution in [3.8, 4) is 0 Å². The minimum Gasteiger partial charge on any atom is -0.337 e. The molecule has 150 valence electrons. The summed E-state index contributed by atoms with van der Waals surface area (Å²) >= 11 is 0. The van der Waals surface area contributed by atoms with Gasteiger partial charge in [0, 0.05) is 23.9 Å². The van der Waals surface area contributed by atoms with Crippen molar-refractivity contribution < 1.29 is 0 Å². The van der Waals surface area contributed by atoms with Gasteiger partial charge in [0.05, 0.1) is 6.54 Å². The molecule has 1 saturated heterocycles. The summed E-state index contributed by atoms with van der Waals surface area (Å²) in [6.07, 6.45) is 12.6. The molecule has 2 N–H and O–H groups in total. The van der Waals surface area contributed by atoms with Crippen molar-refractivity contribution in [2.45, 2.75) is 40.0 Å². The van der Waals surface area contributed by atoms with Crippen LogP contribution < -0.4 is 5.84 Å². The summed E-state index contributed by atoms with van der Waals surface area (Å²) in [5.74, 6) is 7.72. The minimum atomic E-state index is -0.131. The van der Waals surface area contributed by atoms with E-state index in [0.29, 0.717) is 12.4 Å². The van der Waals surface area contributed by atoms with Crippen molar-refractivity contribution in [2.24, 2.45) is 21.2 Å². The van der Waals surface area contributed by atoms with E-state index in [9.17, 15) is 0 Å². The van der Waals surface area contributed by atoms with Gasteiger partial charge in [0.15, 0.2) is 5.84 Å². The molecule has 0 radical (unpaired) electrons. The molecule has 2 heterocycles. The molecule has 2 aliphatic rings. The second kappa shape index (κ2) is 9.02. The van der Waals surface area contributed by atoms with Crippen molar-refractivity contribution in [1.82, 2.24) is 9.91 Å². The molecule has 0 aromatic carbocycles. The number of amidine groups is 2. The third-order valence-electron chi connectivity index (χ3n) is 5.57. The predicted octanol–water partition coefficient (Wildman–Crippen LogP) is 4.71. The Bertz CT molecular complexity index is 809. The fraction of sp³-hybridized carbons (Fsp3) is 0.391. The Balaban J connectivity index is 2.44. The highest BCUT2D eigenvalue weighted by Crippen LogP contribution is 2.53. The molecule has 1 fully saturated rings. The van der Waals surface area contributed by atoms with Crippen LogP contribution in [-0.4, -0.2) is 35.2 Å². The third kappa shape index (κ3) is 3.54. The molecule has 0 aromatic rings. The van der Waals surface area contributed by atoms with Gasteiger partial charge in [-0.1, -0.05) is 58.2 Å². The van der Waals surface area contributed by atoms with Crippen LogP contribution in [0.5, 0.6) is 0 Å². The van der Waals surface area contributed by atoms with Gasteiger partial charge in [-0.15, -0.1) is 0 Å². The van der Waals surface area contributed by atoms with Crippen LogP contribution in [0.2, 0.25) is 0 Å². The number of hydrogen-bond acceptors (Lipinski definition) is 4. The Hall–Kier alpha value is -2.66. The molecule has 0 bridgehead atoms. The Kier molecular flexibility index (Phi) is 6.97. The number of hydrazine groups is 1. The second-order valence-electron chi connectivity index (χ2n) is 7.01. The average molecular weight is 380 g/mol. The molecule has 2 aliphatic heterocycles.